The molecule has 0 fully saturated rings. The highest BCUT2D eigenvalue weighted by Gasteiger charge is 2.19. The van der Waals surface area contributed by atoms with Crippen LogP contribution in [0.1, 0.15) is 23.5 Å². The zero-order chi connectivity index (χ0) is 13.4. The van der Waals surface area contributed by atoms with Crippen LogP contribution in [0.2, 0.25) is 0 Å². The summed E-state index contributed by atoms with van der Waals surface area (Å²) >= 11 is 0. The lowest BCUT2D eigenvalue weighted by atomic mass is 10.3. The minimum atomic E-state index is 0.587. The van der Waals surface area contributed by atoms with E-state index in [0.717, 1.165) is 49.0 Å². The Morgan fingerprint density at radius 2 is 2.11 bits per heavy atom. The Kier molecular flexibility index (Phi) is 2.85. The van der Waals surface area contributed by atoms with Crippen LogP contribution in [0.3, 0.4) is 0 Å². The molecule has 0 aliphatic carbocycles. The Hall–Kier alpha value is -2.11. The van der Waals surface area contributed by atoms with Gasteiger partial charge in [0.15, 0.2) is 5.82 Å². The summed E-state index contributed by atoms with van der Waals surface area (Å²) in [5.41, 5.74) is 8.81. The Labute approximate surface area is 112 Å². The first kappa shape index (κ1) is 12.0. The molecule has 0 saturated heterocycles. The van der Waals surface area contributed by atoms with Crippen molar-refractivity contribution in [3.63, 3.8) is 0 Å². The molecular weight excluding hydrogens is 240 g/mol. The summed E-state index contributed by atoms with van der Waals surface area (Å²) in [6.07, 6.45) is 2.84. The zero-order valence-corrected chi connectivity index (χ0v) is 11.3. The van der Waals surface area contributed by atoms with Crippen LogP contribution in [0.4, 0.5) is 11.6 Å². The normalized spacial score (nSPS) is 15.2. The summed E-state index contributed by atoms with van der Waals surface area (Å²) in [7, 11) is 0. The molecule has 0 radical (unpaired) electrons. The summed E-state index contributed by atoms with van der Waals surface area (Å²) in [6.45, 7) is 6.61. The van der Waals surface area contributed by atoms with Gasteiger partial charge in [-0.05, 0) is 20.3 Å². The first-order valence-corrected chi connectivity index (χ1v) is 6.51. The van der Waals surface area contributed by atoms with Crippen molar-refractivity contribution in [1.29, 1.82) is 0 Å². The van der Waals surface area contributed by atoms with E-state index in [2.05, 4.69) is 20.0 Å². The summed E-state index contributed by atoms with van der Waals surface area (Å²) in [4.78, 5) is 11.3. The molecule has 0 amide bonds. The van der Waals surface area contributed by atoms with E-state index in [9.17, 15) is 0 Å². The summed E-state index contributed by atoms with van der Waals surface area (Å²) in [6, 6.07) is 1.94. The van der Waals surface area contributed by atoms with Gasteiger partial charge >= 0.3 is 0 Å². The van der Waals surface area contributed by atoms with Gasteiger partial charge in [0.2, 0.25) is 0 Å². The minimum absolute atomic E-state index is 0.587. The third-order valence-electron chi connectivity index (χ3n) is 3.38. The fourth-order valence-corrected chi connectivity index (χ4v) is 2.49. The van der Waals surface area contributed by atoms with Crippen molar-refractivity contribution >= 4 is 11.6 Å². The van der Waals surface area contributed by atoms with E-state index >= 15 is 0 Å². The van der Waals surface area contributed by atoms with Crippen LogP contribution in [-0.4, -0.2) is 26.3 Å². The molecule has 0 spiro atoms. The number of fused-ring (bicyclic) bond motifs is 1. The molecule has 2 aromatic heterocycles. The second-order valence-corrected chi connectivity index (χ2v) is 4.98. The molecule has 100 valence electrons. The summed E-state index contributed by atoms with van der Waals surface area (Å²) in [5.74, 6) is 1.55. The van der Waals surface area contributed by atoms with Crippen LogP contribution in [-0.2, 0) is 13.1 Å². The maximum Gasteiger partial charge on any atom is 0.150 e. The Morgan fingerprint density at radius 1 is 1.26 bits per heavy atom. The SMILES string of the molecule is Cc1cnc(C)c(N2CCCn3nc(N)cc3C2)n1. The van der Waals surface area contributed by atoms with Gasteiger partial charge in [-0.2, -0.15) is 5.10 Å². The van der Waals surface area contributed by atoms with E-state index in [1.165, 1.54) is 0 Å². The minimum Gasteiger partial charge on any atom is -0.382 e. The third kappa shape index (κ3) is 2.25. The molecule has 1 aliphatic rings. The van der Waals surface area contributed by atoms with Gasteiger partial charge in [0.25, 0.3) is 0 Å². The molecule has 6 nitrogen and oxygen atoms in total. The number of hydrogen-bond donors (Lipinski definition) is 1. The third-order valence-corrected chi connectivity index (χ3v) is 3.38. The quantitative estimate of drug-likeness (QED) is 0.834. The van der Waals surface area contributed by atoms with Crippen LogP contribution in [0.15, 0.2) is 12.3 Å². The first-order valence-electron chi connectivity index (χ1n) is 6.51. The van der Waals surface area contributed by atoms with Crippen LogP contribution in [0.25, 0.3) is 0 Å². The number of anilines is 2. The molecule has 0 aromatic carbocycles. The zero-order valence-electron chi connectivity index (χ0n) is 11.3. The van der Waals surface area contributed by atoms with Gasteiger partial charge < -0.3 is 10.6 Å². The molecule has 0 unspecified atom stereocenters. The van der Waals surface area contributed by atoms with E-state index in [-0.39, 0.29) is 0 Å². The van der Waals surface area contributed by atoms with Gasteiger partial charge in [-0.3, -0.25) is 9.67 Å². The van der Waals surface area contributed by atoms with Crippen molar-refractivity contribution in [2.45, 2.75) is 33.4 Å². The number of rotatable bonds is 1. The number of hydrogen-bond acceptors (Lipinski definition) is 5. The molecule has 1 aliphatic heterocycles. The van der Waals surface area contributed by atoms with Gasteiger partial charge in [-0.15, -0.1) is 0 Å². The van der Waals surface area contributed by atoms with Crippen LogP contribution >= 0.6 is 0 Å². The molecule has 3 rings (SSSR count). The molecular formula is C13H18N6. The maximum absolute atomic E-state index is 5.77. The van der Waals surface area contributed by atoms with Crippen LogP contribution < -0.4 is 10.6 Å². The van der Waals surface area contributed by atoms with Crippen LogP contribution in [0.5, 0.6) is 0 Å². The molecule has 2 N–H and O–H groups in total. The largest absolute Gasteiger partial charge is 0.382 e. The highest BCUT2D eigenvalue weighted by atomic mass is 15.3. The average Bonchev–Trinajstić information content (AvgIpc) is 2.60. The molecule has 0 saturated carbocycles. The van der Waals surface area contributed by atoms with Crippen molar-refractivity contribution < 1.29 is 0 Å². The molecule has 0 bridgehead atoms. The predicted molar refractivity (Wildman–Crippen MR) is 73.8 cm³/mol. The number of nitrogen functional groups attached to an aromatic ring is 1. The van der Waals surface area contributed by atoms with Crippen molar-refractivity contribution in [3.05, 3.63) is 29.3 Å². The topological polar surface area (TPSA) is 72.9 Å². The standard InChI is InChI=1S/C13H18N6/c1-9-7-15-10(2)13(16-9)18-4-3-5-19-11(8-18)6-12(14)17-19/h6-7H,3-5,8H2,1-2H3,(H2,14,17). The molecule has 6 heteroatoms. The Morgan fingerprint density at radius 3 is 2.95 bits per heavy atom. The maximum atomic E-state index is 5.77. The van der Waals surface area contributed by atoms with Gasteiger partial charge in [0.1, 0.15) is 5.82 Å². The molecule has 19 heavy (non-hydrogen) atoms. The smallest absolute Gasteiger partial charge is 0.150 e. The van der Waals surface area contributed by atoms with Crippen molar-refractivity contribution in [3.8, 4) is 0 Å². The van der Waals surface area contributed by atoms with Crippen LogP contribution in [0, 0.1) is 13.8 Å². The fraction of sp³-hybridized carbons (Fsp3) is 0.462. The van der Waals surface area contributed by atoms with E-state index in [0.29, 0.717) is 5.82 Å². The number of aromatic nitrogens is 4. The fourth-order valence-electron chi connectivity index (χ4n) is 2.49. The highest BCUT2D eigenvalue weighted by molar-refractivity contribution is 5.44. The second-order valence-electron chi connectivity index (χ2n) is 4.98. The van der Waals surface area contributed by atoms with Gasteiger partial charge in [-0.1, -0.05) is 0 Å². The summed E-state index contributed by atoms with van der Waals surface area (Å²) in [5, 5.41) is 4.31. The Bertz CT molecular complexity index is 603. The molecule has 2 aromatic rings. The molecule has 3 heterocycles. The number of nitrogens with zero attached hydrogens (tertiary/aromatic N) is 5. The lowest BCUT2D eigenvalue weighted by molar-refractivity contribution is 0.593. The number of aryl methyl sites for hydroxylation is 3. The van der Waals surface area contributed by atoms with E-state index in [1.54, 1.807) is 6.20 Å². The van der Waals surface area contributed by atoms with Crippen molar-refractivity contribution in [1.82, 2.24) is 19.7 Å². The van der Waals surface area contributed by atoms with Gasteiger partial charge in [0.05, 0.1) is 23.6 Å². The van der Waals surface area contributed by atoms with Gasteiger partial charge in [0, 0.05) is 25.4 Å². The van der Waals surface area contributed by atoms with Crippen molar-refractivity contribution in [2.75, 3.05) is 17.2 Å². The average molecular weight is 258 g/mol. The van der Waals surface area contributed by atoms with Gasteiger partial charge in [-0.25, -0.2) is 4.98 Å². The van der Waals surface area contributed by atoms with E-state index < -0.39 is 0 Å². The van der Waals surface area contributed by atoms with E-state index in [1.807, 2.05) is 24.6 Å². The Balaban J connectivity index is 1.95. The molecule has 0 atom stereocenters. The van der Waals surface area contributed by atoms with E-state index in [4.69, 9.17) is 5.73 Å². The highest BCUT2D eigenvalue weighted by Crippen LogP contribution is 2.22. The monoisotopic (exact) mass is 258 g/mol. The first-order chi connectivity index (χ1) is 9.13. The summed E-state index contributed by atoms with van der Waals surface area (Å²) < 4.78 is 1.99. The predicted octanol–water partition coefficient (Wildman–Crippen LogP) is 1.28. The lowest BCUT2D eigenvalue weighted by Gasteiger charge is -2.22. The second kappa shape index (κ2) is 4.53. The number of nitrogens with two attached hydrogens (primary N) is 1. The lowest BCUT2D eigenvalue weighted by Crippen LogP contribution is -2.25. The van der Waals surface area contributed by atoms with Crippen molar-refractivity contribution in [2.24, 2.45) is 0 Å².